The van der Waals surface area contributed by atoms with Gasteiger partial charge in [0.25, 0.3) is 0 Å². The van der Waals surface area contributed by atoms with Gasteiger partial charge in [-0.2, -0.15) is 0 Å². The van der Waals surface area contributed by atoms with E-state index in [1.54, 1.807) is 0 Å². The van der Waals surface area contributed by atoms with Crippen LogP contribution in [-0.4, -0.2) is 43.6 Å². The van der Waals surface area contributed by atoms with E-state index in [2.05, 4.69) is 10.6 Å². The van der Waals surface area contributed by atoms with Gasteiger partial charge >= 0.3 is 6.09 Å². The predicted molar refractivity (Wildman–Crippen MR) is 127 cm³/mol. The summed E-state index contributed by atoms with van der Waals surface area (Å²) in [6.45, 7) is 3.93. The summed E-state index contributed by atoms with van der Waals surface area (Å²) in [5.41, 5.74) is 1.92. The maximum Gasteiger partial charge on any atom is 0.408 e. The third kappa shape index (κ3) is 9.87. The molecule has 0 saturated carbocycles. The van der Waals surface area contributed by atoms with E-state index in [1.165, 1.54) is 7.11 Å². The van der Waals surface area contributed by atoms with Crippen LogP contribution < -0.4 is 10.6 Å². The van der Waals surface area contributed by atoms with Gasteiger partial charge in [0.15, 0.2) is 5.78 Å². The lowest BCUT2D eigenvalue weighted by atomic mass is 10.00. The van der Waals surface area contributed by atoms with E-state index in [1.807, 2.05) is 74.5 Å². The summed E-state index contributed by atoms with van der Waals surface area (Å²) in [5.74, 6) is -0.479. The Kier molecular flexibility index (Phi) is 11.1. The number of Topliss-reactive ketones (excluding diaryl/α,β-unsaturated/α-hetero) is 1. The number of nitrogens with one attached hydrogen (secondary N) is 2. The molecule has 0 aliphatic rings. The highest BCUT2D eigenvalue weighted by Gasteiger charge is 2.27. The zero-order chi connectivity index (χ0) is 24.1. The van der Waals surface area contributed by atoms with Crippen molar-refractivity contribution in [3.05, 3.63) is 71.8 Å². The van der Waals surface area contributed by atoms with Crippen molar-refractivity contribution in [1.29, 1.82) is 0 Å². The molecule has 2 atom stereocenters. The Hall–Kier alpha value is -3.19. The molecule has 2 aromatic carbocycles. The number of carbonyl (C=O) groups excluding carboxylic acids is 3. The second-order valence-corrected chi connectivity index (χ2v) is 8.37. The smallest absolute Gasteiger partial charge is 0.408 e. The summed E-state index contributed by atoms with van der Waals surface area (Å²) in [5, 5.41) is 5.47. The van der Waals surface area contributed by atoms with Crippen LogP contribution in [0.1, 0.15) is 37.8 Å². The Morgan fingerprint density at radius 3 is 2.03 bits per heavy atom. The first-order valence-corrected chi connectivity index (χ1v) is 11.2. The zero-order valence-corrected chi connectivity index (χ0v) is 19.6. The number of aryl methyl sites for hydroxylation is 1. The molecule has 0 unspecified atom stereocenters. The van der Waals surface area contributed by atoms with Crippen LogP contribution in [0.2, 0.25) is 0 Å². The standard InChI is InChI=1S/C26H34N2O5/c1-19(2)16-23(28-26(31)33-17-21-12-8-5-9-13-21)25(30)27-22(24(29)18-32-3)15-14-20-10-6-4-7-11-20/h4-13,19,22-23H,14-18H2,1-3H3,(H,27,30)(H,28,31)/t22-,23-/m0/s1. The minimum Gasteiger partial charge on any atom is -0.445 e. The molecule has 2 aromatic rings. The molecule has 7 heteroatoms. The third-order valence-electron chi connectivity index (χ3n) is 5.08. The second kappa shape index (κ2) is 14.1. The Morgan fingerprint density at radius 2 is 1.45 bits per heavy atom. The third-order valence-corrected chi connectivity index (χ3v) is 5.08. The van der Waals surface area contributed by atoms with Crippen molar-refractivity contribution in [1.82, 2.24) is 10.6 Å². The molecule has 7 nitrogen and oxygen atoms in total. The van der Waals surface area contributed by atoms with Crippen molar-refractivity contribution in [2.24, 2.45) is 5.92 Å². The molecule has 2 N–H and O–H groups in total. The van der Waals surface area contributed by atoms with Gasteiger partial charge in [0.2, 0.25) is 5.91 Å². The van der Waals surface area contributed by atoms with Crippen molar-refractivity contribution < 1.29 is 23.9 Å². The average Bonchev–Trinajstić information content (AvgIpc) is 2.81. The topological polar surface area (TPSA) is 93.7 Å². The van der Waals surface area contributed by atoms with Crippen LogP contribution in [0.5, 0.6) is 0 Å². The number of hydrogen-bond acceptors (Lipinski definition) is 5. The van der Waals surface area contributed by atoms with E-state index < -0.39 is 24.1 Å². The largest absolute Gasteiger partial charge is 0.445 e. The maximum atomic E-state index is 13.0. The average molecular weight is 455 g/mol. The van der Waals surface area contributed by atoms with E-state index >= 15 is 0 Å². The Bertz CT molecular complexity index is 871. The number of methoxy groups -OCH3 is 1. The van der Waals surface area contributed by atoms with E-state index in [9.17, 15) is 14.4 Å². The van der Waals surface area contributed by atoms with Gasteiger partial charge in [0.1, 0.15) is 19.3 Å². The lowest BCUT2D eigenvalue weighted by Gasteiger charge is -2.24. The summed E-state index contributed by atoms with van der Waals surface area (Å²) >= 11 is 0. The fraction of sp³-hybridized carbons (Fsp3) is 0.423. The molecule has 0 spiro atoms. The van der Waals surface area contributed by atoms with Crippen LogP contribution in [0, 0.1) is 5.92 Å². The molecule has 0 aliphatic heterocycles. The first kappa shape index (κ1) is 26.1. The Balaban J connectivity index is 2.00. The minimum atomic E-state index is -0.817. The number of ether oxygens (including phenoxy) is 2. The van der Waals surface area contributed by atoms with Crippen molar-refractivity contribution in [2.75, 3.05) is 13.7 Å². The fourth-order valence-corrected chi connectivity index (χ4v) is 3.39. The summed E-state index contributed by atoms with van der Waals surface area (Å²) in [4.78, 5) is 38.0. The number of ketones is 1. The first-order valence-electron chi connectivity index (χ1n) is 11.2. The minimum absolute atomic E-state index is 0.0961. The van der Waals surface area contributed by atoms with Crippen LogP contribution in [0.25, 0.3) is 0 Å². The monoisotopic (exact) mass is 454 g/mol. The molecule has 2 rings (SSSR count). The molecule has 0 radical (unpaired) electrons. The van der Waals surface area contributed by atoms with Crippen LogP contribution in [0.3, 0.4) is 0 Å². The van der Waals surface area contributed by atoms with Gasteiger partial charge in [-0.3, -0.25) is 9.59 Å². The van der Waals surface area contributed by atoms with E-state index in [0.717, 1.165) is 11.1 Å². The van der Waals surface area contributed by atoms with E-state index in [0.29, 0.717) is 19.3 Å². The van der Waals surface area contributed by atoms with Gasteiger partial charge < -0.3 is 20.1 Å². The molecular formula is C26H34N2O5. The molecule has 0 heterocycles. The van der Waals surface area contributed by atoms with Crippen LogP contribution in [0.15, 0.2) is 60.7 Å². The van der Waals surface area contributed by atoms with Crippen LogP contribution in [-0.2, 0) is 32.1 Å². The number of benzene rings is 2. The number of alkyl carbamates (subject to hydrolysis) is 1. The number of hydrogen-bond donors (Lipinski definition) is 2. The SMILES string of the molecule is COCC(=O)[C@H](CCc1ccccc1)NC(=O)[C@H](CC(C)C)NC(=O)OCc1ccccc1. The van der Waals surface area contributed by atoms with Gasteiger partial charge in [-0.15, -0.1) is 0 Å². The highest BCUT2D eigenvalue weighted by atomic mass is 16.5. The normalized spacial score (nSPS) is 12.6. The summed E-state index contributed by atoms with van der Waals surface area (Å²) in [7, 11) is 1.44. The molecule has 0 saturated heterocycles. The van der Waals surface area contributed by atoms with Gasteiger partial charge in [-0.25, -0.2) is 4.79 Å². The molecule has 0 bridgehead atoms. The van der Waals surface area contributed by atoms with Crippen molar-refractivity contribution in [3.8, 4) is 0 Å². The van der Waals surface area contributed by atoms with Crippen LogP contribution >= 0.6 is 0 Å². The van der Waals surface area contributed by atoms with Gasteiger partial charge in [0.05, 0.1) is 6.04 Å². The highest BCUT2D eigenvalue weighted by Crippen LogP contribution is 2.10. The lowest BCUT2D eigenvalue weighted by molar-refractivity contribution is -0.131. The lowest BCUT2D eigenvalue weighted by Crippen LogP contribution is -2.52. The molecule has 0 fully saturated rings. The van der Waals surface area contributed by atoms with Crippen LogP contribution in [0.4, 0.5) is 4.79 Å². The van der Waals surface area contributed by atoms with Gasteiger partial charge in [-0.1, -0.05) is 74.5 Å². The Labute approximate surface area is 195 Å². The predicted octanol–water partition coefficient (Wildman–Crippen LogP) is 3.66. The zero-order valence-electron chi connectivity index (χ0n) is 19.6. The van der Waals surface area contributed by atoms with E-state index in [-0.39, 0.29) is 24.9 Å². The van der Waals surface area contributed by atoms with Gasteiger partial charge in [0, 0.05) is 7.11 Å². The molecule has 0 aromatic heterocycles. The van der Waals surface area contributed by atoms with Crippen molar-refractivity contribution >= 4 is 17.8 Å². The number of carbonyl (C=O) groups is 3. The quantitative estimate of drug-likeness (QED) is 0.482. The van der Waals surface area contributed by atoms with Crippen molar-refractivity contribution in [2.45, 2.75) is 51.8 Å². The highest BCUT2D eigenvalue weighted by molar-refractivity contribution is 5.92. The molecule has 2 amide bonds. The van der Waals surface area contributed by atoms with E-state index in [4.69, 9.17) is 9.47 Å². The summed E-state index contributed by atoms with van der Waals surface area (Å²) in [6, 6.07) is 17.5. The Morgan fingerprint density at radius 1 is 0.848 bits per heavy atom. The summed E-state index contributed by atoms with van der Waals surface area (Å²) < 4.78 is 10.3. The molecule has 33 heavy (non-hydrogen) atoms. The first-order chi connectivity index (χ1) is 15.9. The maximum absolute atomic E-state index is 13.0. The number of rotatable bonds is 13. The molecule has 178 valence electrons. The number of amides is 2. The summed E-state index contributed by atoms with van der Waals surface area (Å²) in [6.07, 6.45) is 0.799. The molecule has 0 aliphatic carbocycles. The fourth-order valence-electron chi connectivity index (χ4n) is 3.39. The van der Waals surface area contributed by atoms with Gasteiger partial charge in [-0.05, 0) is 36.3 Å². The second-order valence-electron chi connectivity index (χ2n) is 8.37. The van der Waals surface area contributed by atoms with Crippen molar-refractivity contribution in [3.63, 3.8) is 0 Å². The molecular weight excluding hydrogens is 420 g/mol.